The van der Waals surface area contributed by atoms with Crippen LogP contribution in [-0.2, 0) is 9.59 Å². The Morgan fingerprint density at radius 3 is 2.50 bits per heavy atom. The van der Waals surface area contributed by atoms with Crippen LogP contribution in [-0.4, -0.2) is 30.1 Å². The average Bonchev–Trinajstić information content (AvgIpc) is 2.26. The highest BCUT2D eigenvalue weighted by Crippen LogP contribution is 2.17. The molecule has 3 N–H and O–H groups in total. The van der Waals surface area contributed by atoms with E-state index in [0.29, 0.717) is 13.1 Å². The summed E-state index contributed by atoms with van der Waals surface area (Å²) in [6, 6.07) is 8.72. The zero-order valence-electron chi connectivity index (χ0n) is 9.93. The van der Waals surface area contributed by atoms with Gasteiger partial charge in [-0.25, -0.2) is 0 Å². The van der Waals surface area contributed by atoms with E-state index in [0.717, 1.165) is 5.56 Å². The predicted octanol–water partition coefficient (Wildman–Crippen LogP) is 0.538. The smallest absolute Gasteiger partial charge is 0.305 e. The number of carbonyl (C=O) groups is 2. The summed E-state index contributed by atoms with van der Waals surface area (Å²) in [5, 5.41) is 14.7. The zero-order valence-corrected chi connectivity index (χ0v) is 9.93. The number of carboxylic acids is 1. The van der Waals surface area contributed by atoms with Gasteiger partial charge in [0.1, 0.15) is 0 Å². The van der Waals surface area contributed by atoms with Crippen molar-refractivity contribution in [3.05, 3.63) is 35.9 Å². The number of aliphatic carboxylic acids is 1. The monoisotopic (exact) mass is 248 g/mol. The van der Waals surface area contributed by atoms with Gasteiger partial charge in [-0.3, -0.25) is 9.59 Å². The van der Waals surface area contributed by atoms with Crippen LogP contribution in [0, 0.1) is 5.92 Å². The molecule has 1 fully saturated rings. The Labute approximate surface area is 105 Å². The van der Waals surface area contributed by atoms with E-state index in [4.69, 9.17) is 5.11 Å². The summed E-state index contributed by atoms with van der Waals surface area (Å²) in [4.78, 5) is 22.7. The lowest BCUT2D eigenvalue weighted by Gasteiger charge is -2.28. The predicted molar refractivity (Wildman–Crippen MR) is 65.9 cm³/mol. The molecular formula is C13H16N2O3. The molecule has 1 aromatic carbocycles. The van der Waals surface area contributed by atoms with Gasteiger partial charge in [0.05, 0.1) is 18.4 Å². The van der Waals surface area contributed by atoms with Gasteiger partial charge < -0.3 is 15.7 Å². The molecule has 5 nitrogen and oxygen atoms in total. The van der Waals surface area contributed by atoms with E-state index < -0.39 is 12.0 Å². The second-order valence-corrected chi connectivity index (χ2v) is 4.42. The molecular weight excluding hydrogens is 232 g/mol. The van der Waals surface area contributed by atoms with Crippen molar-refractivity contribution < 1.29 is 14.7 Å². The lowest BCUT2D eigenvalue weighted by Crippen LogP contribution is -2.51. The summed E-state index contributed by atoms with van der Waals surface area (Å²) >= 11 is 0. The molecule has 1 aliphatic rings. The van der Waals surface area contributed by atoms with Crippen molar-refractivity contribution in [2.24, 2.45) is 5.92 Å². The van der Waals surface area contributed by atoms with Crippen molar-refractivity contribution in [1.29, 1.82) is 0 Å². The molecule has 1 saturated heterocycles. The lowest BCUT2D eigenvalue weighted by molar-refractivity contribution is -0.138. The SMILES string of the molecule is O=C(O)CC(NC(=O)C1CNC1)c1ccccc1. The van der Waals surface area contributed by atoms with Crippen LogP contribution in [0.3, 0.4) is 0 Å². The maximum Gasteiger partial charge on any atom is 0.305 e. The second kappa shape index (κ2) is 5.64. The maximum atomic E-state index is 11.8. The van der Waals surface area contributed by atoms with Gasteiger partial charge in [0.15, 0.2) is 0 Å². The van der Waals surface area contributed by atoms with Crippen molar-refractivity contribution in [2.45, 2.75) is 12.5 Å². The van der Waals surface area contributed by atoms with Gasteiger partial charge in [-0.05, 0) is 5.56 Å². The first-order chi connectivity index (χ1) is 8.66. The van der Waals surface area contributed by atoms with Crippen LogP contribution < -0.4 is 10.6 Å². The zero-order chi connectivity index (χ0) is 13.0. The van der Waals surface area contributed by atoms with E-state index >= 15 is 0 Å². The summed E-state index contributed by atoms with van der Waals surface area (Å²) in [6.45, 7) is 1.33. The third-order valence-corrected chi connectivity index (χ3v) is 3.05. The van der Waals surface area contributed by atoms with Gasteiger partial charge in [-0.1, -0.05) is 30.3 Å². The number of benzene rings is 1. The lowest BCUT2D eigenvalue weighted by atomic mass is 9.99. The van der Waals surface area contributed by atoms with Crippen LogP contribution in [0.25, 0.3) is 0 Å². The summed E-state index contributed by atoms with van der Waals surface area (Å²) in [5.74, 6) is -1.04. The van der Waals surface area contributed by atoms with Gasteiger partial charge >= 0.3 is 5.97 Å². The molecule has 0 saturated carbocycles. The highest BCUT2D eigenvalue weighted by atomic mass is 16.4. The molecule has 1 atom stereocenters. The van der Waals surface area contributed by atoms with E-state index in [1.165, 1.54) is 0 Å². The molecule has 1 amide bonds. The first kappa shape index (κ1) is 12.6. The maximum absolute atomic E-state index is 11.8. The third-order valence-electron chi connectivity index (χ3n) is 3.05. The minimum atomic E-state index is -0.920. The van der Waals surface area contributed by atoms with Crippen LogP contribution in [0.4, 0.5) is 0 Å². The largest absolute Gasteiger partial charge is 0.481 e. The molecule has 0 aliphatic carbocycles. The number of amides is 1. The number of carboxylic acid groups (broad SMARTS) is 1. The van der Waals surface area contributed by atoms with Gasteiger partial charge in [0.2, 0.25) is 5.91 Å². The Morgan fingerprint density at radius 2 is 2.00 bits per heavy atom. The van der Waals surface area contributed by atoms with Gasteiger partial charge in [0.25, 0.3) is 0 Å². The molecule has 0 bridgehead atoms. The summed E-state index contributed by atoms with van der Waals surface area (Å²) in [7, 11) is 0. The second-order valence-electron chi connectivity index (χ2n) is 4.42. The van der Waals surface area contributed by atoms with Crippen molar-refractivity contribution in [1.82, 2.24) is 10.6 Å². The Bertz CT molecular complexity index is 429. The number of hydrogen-bond acceptors (Lipinski definition) is 3. The quantitative estimate of drug-likeness (QED) is 0.710. The standard InChI is InChI=1S/C13H16N2O3/c16-12(17)6-11(9-4-2-1-3-5-9)15-13(18)10-7-14-8-10/h1-5,10-11,14H,6-8H2,(H,15,18)(H,16,17). The van der Waals surface area contributed by atoms with Crippen LogP contribution in [0.15, 0.2) is 30.3 Å². The number of nitrogens with one attached hydrogen (secondary N) is 2. The fraction of sp³-hybridized carbons (Fsp3) is 0.385. The fourth-order valence-electron chi connectivity index (χ4n) is 1.88. The first-order valence-electron chi connectivity index (χ1n) is 5.94. The highest BCUT2D eigenvalue weighted by molar-refractivity contribution is 5.81. The van der Waals surface area contributed by atoms with Gasteiger partial charge in [-0.15, -0.1) is 0 Å². The number of rotatable bonds is 5. The summed E-state index contributed by atoms with van der Waals surface area (Å²) < 4.78 is 0. The van der Waals surface area contributed by atoms with Gasteiger partial charge in [-0.2, -0.15) is 0 Å². The van der Waals surface area contributed by atoms with Crippen LogP contribution in [0.1, 0.15) is 18.0 Å². The van der Waals surface area contributed by atoms with Crippen LogP contribution in [0.5, 0.6) is 0 Å². The number of hydrogen-bond donors (Lipinski definition) is 3. The molecule has 96 valence electrons. The summed E-state index contributed by atoms with van der Waals surface area (Å²) in [5.41, 5.74) is 0.820. The Morgan fingerprint density at radius 1 is 1.33 bits per heavy atom. The topological polar surface area (TPSA) is 78.4 Å². The molecule has 1 aliphatic heterocycles. The highest BCUT2D eigenvalue weighted by Gasteiger charge is 2.27. The fourth-order valence-corrected chi connectivity index (χ4v) is 1.88. The van der Waals surface area contributed by atoms with E-state index in [2.05, 4.69) is 10.6 Å². The molecule has 18 heavy (non-hydrogen) atoms. The molecule has 1 unspecified atom stereocenters. The minimum Gasteiger partial charge on any atom is -0.481 e. The normalized spacial score (nSPS) is 16.7. The van der Waals surface area contributed by atoms with Crippen molar-refractivity contribution in [3.8, 4) is 0 Å². The molecule has 5 heteroatoms. The molecule has 0 aromatic heterocycles. The Kier molecular flexibility index (Phi) is 3.94. The molecule has 1 heterocycles. The first-order valence-corrected chi connectivity index (χ1v) is 5.94. The molecule has 0 radical (unpaired) electrons. The Balaban J connectivity index is 2.05. The molecule has 2 rings (SSSR count). The average molecular weight is 248 g/mol. The van der Waals surface area contributed by atoms with E-state index in [1.54, 1.807) is 0 Å². The van der Waals surface area contributed by atoms with Crippen LogP contribution >= 0.6 is 0 Å². The number of carbonyl (C=O) groups excluding carboxylic acids is 1. The van der Waals surface area contributed by atoms with Crippen LogP contribution in [0.2, 0.25) is 0 Å². The van der Waals surface area contributed by atoms with Crippen molar-refractivity contribution in [3.63, 3.8) is 0 Å². The third kappa shape index (κ3) is 3.07. The van der Waals surface area contributed by atoms with E-state index in [9.17, 15) is 9.59 Å². The van der Waals surface area contributed by atoms with E-state index in [1.807, 2.05) is 30.3 Å². The minimum absolute atomic E-state index is 0.0370. The Hall–Kier alpha value is -1.88. The van der Waals surface area contributed by atoms with E-state index in [-0.39, 0.29) is 18.2 Å². The molecule has 1 aromatic rings. The van der Waals surface area contributed by atoms with Gasteiger partial charge in [0, 0.05) is 13.1 Å². The summed E-state index contributed by atoms with van der Waals surface area (Å²) in [6.07, 6.45) is -0.101. The molecule has 0 spiro atoms. The van der Waals surface area contributed by atoms with Crippen molar-refractivity contribution >= 4 is 11.9 Å². The van der Waals surface area contributed by atoms with Crippen molar-refractivity contribution in [2.75, 3.05) is 13.1 Å².